The van der Waals surface area contributed by atoms with Crippen LogP contribution in [-0.4, -0.2) is 68.1 Å². The summed E-state index contributed by atoms with van der Waals surface area (Å²) in [5.74, 6) is 2.63. The van der Waals surface area contributed by atoms with Crippen molar-refractivity contribution in [2.45, 2.75) is 76.7 Å². The second-order valence-electron chi connectivity index (χ2n) is 13.3. The largest absolute Gasteiger partial charge is 0.496 e. The Morgan fingerprint density at radius 3 is 2.56 bits per heavy atom. The van der Waals surface area contributed by atoms with E-state index in [0.29, 0.717) is 30.9 Å². The van der Waals surface area contributed by atoms with Crippen molar-refractivity contribution in [1.82, 2.24) is 9.80 Å². The second kappa shape index (κ2) is 12.8. The van der Waals surface area contributed by atoms with Gasteiger partial charge in [-0.05, 0) is 74.9 Å². The van der Waals surface area contributed by atoms with Crippen LogP contribution in [0.15, 0.2) is 49.1 Å². The van der Waals surface area contributed by atoms with E-state index in [0.717, 1.165) is 51.3 Å². The van der Waals surface area contributed by atoms with E-state index in [-0.39, 0.29) is 43.9 Å². The Kier molecular flexibility index (Phi) is 8.57. The van der Waals surface area contributed by atoms with E-state index in [9.17, 15) is 10.1 Å². The quantitative estimate of drug-likeness (QED) is 0.209. The fourth-order valence-electron chi connectivity index (χ4n) is 8.80. The summed E-state index contributed by atoms with van der Waals surface area (Å²) < 4.78 is 30.7. The topological polar surface area (TPSA) is 93.5 Å². The lowest BCUT2D eigenvalue weighted by Gasteiger charge is -2.60. The predicted molar refractivity (Wildman–Crippen MR) is 181 cm³/mol. The molecule has 250 valence electrons. The molecule has 0 saturated carbocycles. The maximum atomic E-state index is 13.3. The number of rotatable bonds is 9. The fourth-order valence-corrected chi connectivity index (χ4v) is 8.80. The number of carbonyl (C=O) groups excluding carboxylic acids is 1. The highest BCUT2D eigenvalue weighted by atomic mass is 16.7. The van der Waals surface area contributed by atoms with Gasteiger partial charge in [0.25, 0.3) is 0 Å². The van der Waals surface area contributed by atoms with Crippen LogP contribution in [0.4, 0.5) is 0 Å². The van der Waals surface area contributed by atoms with Gasteiger partial charge < -0.3 is 23.7 Å². The molecule has 1 unspecified atom stereocenters. The molecule has 48 heavy (non-hydrogen) atoms. The average Bonchev–Trinajstić information content (AvgIpc) is 3.58. The molecule has 0 radical (unpaired) electrons. The molecule has 1 fully saturated rings. The Balaban J connectivity index is 1.36. The molecule has 0 aromatic heterocycles. The van der Waals surface area contributed by atoms with Crippen molar-refractivity contribution in [3.05, 3.63) is 93.6 Å². The summed E-state index contributed by atoms with van der Waals surface area (Å²) in [5, 5.41) is 10.9. The molecule has 0 aliphatic carbocycles. The first kappa shape index (κ1) is 32.0. The number of nitrogens with zero attached hydrogens (tertiary/aromatic N) is 3. The molecule has 0 N–H and O–H groups in total. The second-order valence-corrected chi connectivity index (χ2v) is 13.3. The van der Waals surface area contributed by atoms with Gasteiger partial charge in [0.1, 0.15) is 30.8 Å². The number of hydrogen-bond acceptors (Lipinski definition) is 9. The first-order chi connectivity index (χ1) is 23.3. The molecule has 4 aliphatic heterocycles. The first-order valence-corrected chi connectivity index (χ1v) is 16.7. The number of piperazine rings is 1. The number of carbonyl (C=O) groups is 1. The number of benzene rings is 3. The van der Waals surface area contributed by atoms with Crippen LogP contribution >= 0.6 is 0 Å². The molecule has 3 aromatic rings. The molecule has 9 nitrogen and oxygen atoms in total. The number of nitriles is 1. The van der Waals surface area contributed by atoms with E-state index in [4.69, 9.17) is 23.7 Å². The van der Waals surface area contributed by atoms with Crippen LogP contribution in [0.1, 0.15) is 63.0 Å². The highest BCUT2D eigenvalue weighted by Crippen LogP contribution is 2.57. The minimum atomic E-state index is -0.467. The van der Waals surface area contributed by atoms with E-state index in [1.165, 1.54) is 11.1 Å². The lowest BCUT2D eigenvalue weighted by molar-refractivity contribution is -0.149. The molecule has 7 rings (SSSR count). The maximum absolute atomic E-state index is 13.3. The van der Waals surface area contributed by atoms with Crippen LogP contribution in [0.2, 0.25) is 0 Å². The van der Waals surface area contributed by atoms with Gasteiger partial charge in [0.05, 0.1) is 25.3 Å². The highest BCUT2D eigenvalue weighted by Gasteiger charge is 2.56. The normalized spacial score (nSPS) is 23.7. The van der Waals surface area contributed by atoms with Crippen LogP contribution in [0.3, 0.4) is 0 Å². The Morgan fingerprint density at radius 1 is 1.06 bits per heavy atom. The molecular formula is C39H43N3O6. The Labute approximate surface area is 282 Å². The predicted octanol–water partition coefficient (Wildman–Crippen LogP) is 5.86. The van der Waals surface area contributed by atoms with Crippen LogP contribution < -0.4 is 18.9 Å². The van der Waals surface area contributed by atoms with Crippen molar-refractivity contribution in [1.29, 1.82) is 5.26 Å². The first-order valence-electron chi connectivity index (χ1n) is 16.7. The van der Waals surface area contributed by atoms with Crippen LogP contribution in [0.5, 0.6) is 23.0 Å². The smallest absolute Gasteiger partial charge is 0.306 e. The van der Waals surface area contributed by atoms with Crippen molar-refractivity contribution in [3.8, 4) is 29.1 Å². The SMILES string of the molecule is C=CCOc1c(C)c2c(c3c1CC1[C@H]4c5c(cc(C)c(OC)c5C)C[C@H]([C@H](C#N)N1[C@H]3COC(=O)CCc1ccccc1)N4C)OCO2. The average molecular weight is 650 g/mol. The van der Waals surface area contributed by atoms with Crippen LogP contribution in [-0.2, 0) is 28.8 Å². The lowest BCUT2D eigenvalue weighted by Crippen LogP contribution is -2.68. The maximum Gasteiger partial charge on any atom is 0.306 e. The zero-order valence-corrected chi connectivity index (χ0v) is 28.4. The summed E-state index contributed by atoms with van der Waals surface area (Å²) in [7, 11) is 3.86. The van der Waals surface area contributed by atoms with Gasteiger partial charge in [-0.2, -0.15) is 5.26 Å². The zero-order chi connectivity index (χ0) is 33.7. The van der Waals surface area contributed by atoms with Crippen molar-refractivity contribution in [2.24, 2.45) is 0 Å². The van der Waals surface area contributed by atoms with E-state index in [2.05, 4.69) is 49.4 Å². The lowest BCUT2D eigenvalue weighted by atomic mass is 9.71. The number of ether oxygens (including phenoxy) is 5. The molecule has 4 aliphatic rings. The summed E-state index contributed by atoms with van der Waals surface area (Å²) in [5.41, 5.74) is 8.55. The third kappa shape index (κ3) is 5.10. The summed E-state index contributed by atoms with van der Waals surface area (Å²) in [6, 6.07) is 13.7. The summed E-state index contributed by atoms with van der Waals surface area (Å²) in [6.45, 7) is 10.6. The monoisotopic (exact) mass is 649 g/mol. The number of likely N-dealkylation sites (N-methyl/N-ethyl adjacent to an activating group) is 1. The third-order valence-electron chi connectivity index (χ3n) is 10.7. The molecular weight excluding hydrogens is 606 g/mol. The summed E-state index contributed by atoms with van der Waals surface area (Å²) >= 11 is 0. The van der Waals surface area contributed by atoms with Crippen molar-refractivity contribution in [3.63, 3.8) is 0 Å². The van der Waals surface area contributed by atoms with Gasteiger partial charge in [-0.15, -0.1) is 0 Å². The molecule has 5 atom stereocenters. The van der Waals surface area contributed by atoms with Crippen LogP contribution in [0, 0.1) is 32.1 Å². The van der Waals surface area contributed by atoms with Gasteiger partial charge in [-0.1, -0.05) is 49.1 Å². The Bertz CT molecular complexity index is 1800. The van der Waals surface area contributed by atoms with Gasteiger partial charge in [0.2, 0.25) is 6.79 Å². The van der Waals surface area contributed by atoms with Gasteiger partial charge in [-0.25, -0.2) is 0 Å². The molecule has 0 spiro atoms. The van der Waals surface area contributed by atoms with Gasteiger partial charge in [0.15, 0.2) is 11.5 Å². The number of methoxy groups -OCH3 is 1. The van der Waals surface area contributed by atoms with E-state index in [1.54, 1.807) is 13.2 Å². The molecule has 9 heteroatoms. The number of hydrogen-bond donors (Lipinski definition) is 0. The van der Waals surface area contributed by atoms with Gasteiger partial charge in [0, 0.05) is 35.2 Å². The summed E-state index contributed by atoms with van der Waals surface area (Å²) in [6.07, 6.45) is 3.91. The van der Waals surface area contributed by atoms with Crippen LogP contribution in [0.25, 0.3) is 0 Å². The summed E-state index contributed by atoms with van der Waals surface area (Å²) in [4.78, 5) is 18.0. The van der Waals surface area contributed by atoms with Crippen molar-refractivity contribution < 1.29 is 28.5 Å². The molecule has 1 saturated heterocycles. The zero-order valence-electron chi connectivity index (χ0n) is 28.4. The van der Waals surface area contributed by atoms with Gasteiger partial charge >= 0.3 is 5.97 Å². The molecule has 3 aromatic carbocycles. The number of fused-ring (bicyclic) bond motifs is 9. The van der Waals surface area contributed by atoms with Crippen molar-refractivity contribution in [2.75, 3.05) is 34.2 Å². The number of esters is 1. The Morgan fingerprint density at radius 2 is 1.83 bits per heavy atom. The third-order valence-corrected chi connectivity index (χ3v) is 10.7. The minimum Gasteiger partial charge on any atom is -0.496 e. The minimum absolute atomic E-state index is 0.0414. The van der Waals surface area contributed by atoms with Crippen molar-refractivity contribution >= 4 is 5.97 Å². The number of aryl methyl sites for hydroxylation is 2. The Hall–Kier alpha value is -4.52. The van der Waals surface area contributed by atoms with E-state index >= 15 is 0 Å². The van der Waals surface area contributed by atoms with E-state index < -0.39 is 12.1 Å². The highest BCUT2D eigenvalue weighted by molar-refractivity contribution is 5.70. The van der Waals surface area contributed by atoms with E-state index in [1.807, 2.05) is 37.3 Å². The standard InChI is InChI=1S/C39H43N3O6/c1-7-15-45-37-24(4)38-39(48-21-47-38)34-27(37)18-29-35-33-23(3)36(44-6)22(2)16-26(33)17-28(41(35)5)30(19-40)42(29)31(34)20-46-32(43)14-13-25-11-9-8-10-12-25/h7-12,16,28-31,35H,1,13-15,17-18,20-21H2,2-6H3/t28-,29?,30+,31+,35+/m1/s1. The molecule has 2 bridgehead atoms. The molecule has 0 amide bonds. The van der Waals surface area contributed by atoms with Gasteiger partial charge in [-0.3, -0.25) is 14.6 Å². The molecule has 4 heterocycles. The fraction of sp³-hybridized carbons (Fsp3) is 0.436.